The molecule has 1 aromatic carbocycles. The Kier molecular flexibility index (Phi) is 5.08. The second kappa shape index (κ2) is 6.35. The highest BCUT2D eigenvalue weighted by molar-refractivity contribution is 5.85. The number of rotatable bonds is 2. The maximum absolute atomic E-state index is 11.5. The number of nitrogens with zero attached hydrogens (tertiary/aromatic N) is 1. The third-order valence-corrected chi connectivity index (χ3v) is 2.29. The average Bonchev–Trinajstić information content (AvgIpc) is 2.81. The molecule has 0 radical (unpaired) electrons. The monoisotopic (exact) mass is 242 g/mol. The molecule has 1 aliphatic rings. The molecule has 0 unspecified atom stereocenters. The van der Waals surface area contributed by atoms with Gasteiger partial charge in [-0.05, 0) is 12.0 Å². The van der Waals surface area contributed by atoms with Crippen LogP contribution >= 0.6 is 12.4 Å². The Morgan fingerprint density at radius 2 is 2.12 bits per heavy atom. The fourth-order valence-corrected chi connectivity index (χ4v) is 1.48. The minimum Gasteiger partial charge on any atom is -0.444 e. The first-order valence-corrected chi connectivity index (χ1v) is 5.08. The van der Waals surface area contributed by atoms with Gasteiger partial charge in [-0.2, -0.15) is 0 Å². The number of nitrogens with one attached hydrogen (secondary N) is 1. The summed E-state index contributed by atoms with van der Waals surface area (Å²) in [5.41, 5.74) is 3.96. The summed E-state index contributed by atoms with van der Waals surface area (Å²) in [6.07, 6.45) is 0.692. The van der Waals surface area contributed by atoms with Gasteiger partial charge in [-0.1, -0.05) is 30.3 Å². The molecular weight excluding hydrogens is 228 g/mol. The van der Waals surface area contributed by atoms with Gasteiger partial charge in [-0.3, -0.25) is 0 Å². The van der Waals surface area contributed by atoms with E-state index in [-0.39, 0.29) is 18.5 Å². The van der Waals surface area contributed by atoms with Crippen LogP contribution in [0.3, 0.4) is 0 Å². The van der Waals surface area contributed by atoms with Crippen molar-refractivity contribution < 1.29 is 9.53 Å². The van der Waals surface area contributed by atoms with E-state index >= 15 is 0 Å². The number of hydrogen-bond donors (Lipinski definition) is 1. The first kappa shape index (κ1) is 12.8. The van der Waals surface area contributed by atoms with E-state index in [4.69, 9.17) is 4.74 Å². The first-order valence-electron chi connectivity index (χ1n) is 5.08. The van der Waals surface area contributed by atoms with Crippen LogP contribution in [0.2, 0.25) is 0 Å². The zero-order valence-electron chi connectivity index (χ0n) is 8.89. The number of carbonyl (C=O) groups is 1. The van der Waals surface area contributed by atoms with Crippen molar-refractivity contribution in [1.82, 2.24) is 10.4 Å². The molecule has 1 aliphatic heterocycles. The Labute approximate surface area is 101 Å². The molecule has 5 heteroatoms. The molecule has 1 N–H and O–H groups in total. The quantitative estimate of drug-likeness (QED) is 0.862. The summed E-state index contributed by atoms with van der Waals surface area (Å²) in [4.78, 5) is 11.5. The number of carbonyl (C=O) groups excluding carboxylic acids is 1. The molecule has 0 bridgehead atoms. The van der Waals surface area contributed by atoms with Crippen LogP contribution in [0.4, 0.5) is 4.79 Å². The number of amides is 1. The van der Waals surface area contributed by atoms with E-state index in [1.165, 1.54) is 5.01 Å². The fourth-order valence-electron chi connectivity index (χ4n) is 1.48. The predicted molar refractivity (Wildman–Crippen MR) is 63.2 cm³/mol. The summed E-state index contributed by atoms with van der Waals surface area (Å²) in [5.74, 6) is 0. The van der Waals surface area contributed by atoms with Gasteiger partial charge in [-0.25, -0.2) is 15.2 Å². The Hall–Kier alpha value is -1.26. The van der Waals surface area contributed by atoms with Gasteiger partial charge in [0.2, 0.25) is 0 Å². The van der Waals surface area contributed by atoms with E-state index in [9.17, 15) is 4.79 Å². The molecule has 1 heterocycles. The molecule has 0 aliphatic carbocycles. The van der Waals surface area contributed by atoms with Crippen molar-refractivity contribution in [2.75, 3.05) is 13.1 Å². The number of benzene rings is 1. The third kappa shape index (κ3) is 3.40. The molecule has 0 saturated carbocycles. The van der Waals surface area contributed by atoms with Crippen molar-refractivity contribution >= 4 is 18.5 Å². The molecule has 0 spiro atoms. The highest BCUT2D eigenvalue weighted by Crippen LogP contribution is 2.04. The minimum atomic E-state index is -0.295. The molecule has 0 aromatic heterocycles. The van der Waals surface area contributed by atoms with Crippen LogP contribution in [-0.4, -0.2) is 24.2 Å². The summed E-state index contributed by atoms with van der Waals surface area (Å²) in [6, 6.07) is 9.66. The van der Waals surface area contributed by atoms with Crippen LogP contribution in [-0.2, 0) is 11.3 Å². The molecule has 1 saturated heterocycles. The lowest BCUT2D eigenvalue weighted by atomic mass is 10.2. The summed E-state index contributed by atoms with van der Waals surface area (Å²) < 4.78 is 5.14. The maximum atomic E-state index is 11.5. The van der Waals surface area contributed by atoms with Gasteiger partial charge >= 0.3 is 6.09 Å². The van der Waals surface area contributed by atoms with Crippen molar-refractivity contribution in [3.05, 3.63) is 35.9 Å². The van der Waals surface area contributed by atoms with Gasteiger partial charge in [0.25, 0.3) is 0 Å². The topological polar surface area (TPSA) is 41.6 Å². The smallest absolute Gasteiger partial charge is 0.424 e. The van der Waals surface area contributed by atoms with E-state index in [0.717, 1.165) is 25.1 Å². The number of hydrazine groups is 1. The van der Waals surface area contributed by atoms with E-state index in [1.54, 1.807) is 0 Å². The normalized spacial score (nSPS) is 14.4. The van der Waals surface area contributed by atoms with Gasteiger partial charge in [0, 0.05) is 13.1 Å². The lowest BCUT2D eigenvalue weighted by Gasteiger charge is -2.15. The number of ether oxygens (including phenoxy) is 1. The molecular formula is C11H15ClN2O2. The minimum absolute atomic E-state index is 0. The second-order valence-electron chi connectivity index (χ2n) is 3.45. The fraction of sp³-hybridized carbons (Fsp3) is 0.364. The predicted octanol–water partition coefficient (Wildman–Crippen LogP) is 1.96. The van der Waals surface area contributed by atoms with Gasteiger partial charge < -0.3 is 4.74 Å². The van der Waals surface area contributed by atoms with Crippen molar-refractivity contribution in [3.63, 3.8) is 0 Å². The lowest BCUT2D eigenvalue weighted by molar-refractivity contribution is 0.0903. The summed E-state index contributed by atoms with van der Waals surface area (Å²) in [5, 5.41) is 1.52. The Morgan fingerprint density at radius 1 is 1.38 bits per heavy atom. The Morgan fingerprint density at radius 3 is 2.75 bits per heavy atom. The standard InChI is InChI=1S/C11H14N2O2.ClH/c14-11(13-8-4-7-12-13)15-9-10-5-2-1-3-6-10;/h1-3,5-6,12H,4,7-9H2;1H. The van der Waals surface area contributed by atoms with E-state index < -0.39 is 0 Å². The third-order valence-electron chi connectivity index (χ3n) is 2.29. The molecule has 1 amide bonds. The van der Waals surface area contributed by atoms with Crippen LogP contribution in [0.25, 0.3) is 0 Å². The van der Waals surface area contributed by atoms with E-state index in [0.29, 0.717) is 6.61 Å². The number of hydrogen-bond acceptors (Lipinski definition) is 3. The number of halogens is 1. The average molecular weight is 243 g/mol. The van der Waals surface area contributed by atoms with Crippen LogP contribution in [0.15, 0.2) is 30.3 Å². The molecule has 4 nitrogen and oxygen atoms in total. The summed E-state index contributed by atoms with van der Waals surface area (Å²) >= 11 is 0. The first-order chi connectivity index (χ1) is 7.36. The lowest BCUT2D eigenvalue weighted by Crippen LogP contribution is -2.37. The highest BCUT2D eigenvalue weighted by atomic mass is 35.5. The van der Waals surface area contributed by atoms with Gasteiger partial charge in [-0.15, -0.1) is 12.4 Å². The largest absolute Gasteiger partial charge is 0.444 e. The van der Waals surface area contributed by atoms with Gasteiger partial charge in [0.05, 0.1) is 0 Å². The molecule has 88 valence electrons. The molecule has 1 fully saturated rings. The van der Waals surface area contributed by atoms with Crippen LogP contribution in [0, 0.1) is 0 Å². The molecule has 16 heavy (non-hydrogen) atoms. The van der Waals surface area contributed by atoms with Gasteiger partial charge in [0.1, 0.15) is 6.61 Å². The Balaban J connectivity index is 0.00000128. The Bertz CT molecular complexity index is 326. The highest BCUT2D eigenvalue weighted by Gasteiger charge is 2.18. The van der Waals surface area contributed by atoms with Crippen LogP contribution < -0.4 is 5.43 Å². The van der Waals surface area contributed by atoms with Crippen molar-refractivity contribution in [2.45, 2.75) is 13.0 Å². The molecule has 0 atom stereocenters. The zero-order chi connectivity index (χ0) is 10.5. The van der Waals surface area contributed by atoms with E-state index in [2.05, 4.69) is 5.43 Å². The summed E-state index contributed by atoms with van der Waals surface area (Å²) in [7, 11) is 0. The van der Waals surface area contributed by atoms with Crippen molar-refractivity contribution in [2.24, 2.45) is 0 Å². The van der Waals surface area contributed by atoms with Crippen LogP contribution in [0.1, 0.15) is 12.0 Å². The second-order valence-corrected chi connectivity index (χ2v) is 3.45. The zero-order valence-corrected chi connectivity index (χ0v) is 9.70. The summed E-state index contributed by atoms with van der Waals surface area (Å²) in [6.45, 7) is 1.91. The van der Waals surface area contributed by atoms with Crippen molar-refractivity contribution in [1.29, 1.82) is 0 Å². The van der Waals surface area contributed by atoms with Crippen LogP contribution in [0.5, 0.6) is 0 Å². The van der Waals surface area contributed by atoms with Gasteiger partial charge in [0.15, 0.2) is 0 Å². The van der Waals surface area contributed by atoms with E-state index in [1.807, 2.05) is 30.3 Å². The van der Waals surface area contributed by atoms with Crippen molar-refractivity contribution in [3.8, 4) is 0 Å². The SMILES string of the molecule is Cl.O=C(OCc1ccccc1)N1CCCN1. The molecule has 2 rings (SSSR count). The maximum Gasteiger partial charge on any atom is 0.424 e. The molecule has 1 aromatic rings.